The quantitative estimate of drug-likeness (QED) is 0.879. The van der Waals surface area contributed by atoms with Gasteiger partial charge in [0.05, 0.1) is 17.4 Å². The van der Waals surface area contributed by atoms with E-state index in [0.29, 0.717) is 0 Å². The molecule has 0 bridgehead atoms. The smallest absolute Gasteiger partial charge is 0.0765 e. The molecule has 2 aromatic heterocycles. The highest BCUT2D eigenvalue weighted by molar-refractivity contribution is 5.32. The Balaban J connectivity index is 2.48. The lowest BCUT2D eigenvalue weighted by molar-refractivity contribution is 0.538. The van der Waals surface area contributed by atoms with Gasteiger partial charge in [-0.1, -0.05) is 13.8 Å². The molecule has 108 valence electrons. The van der Waals surface area contributed by atoms with E-state index in [9.17, 15) is 0 Å². The van der Waals surface area contributed by atoms with Crippen LogP contribution in [0, 0.1) is 6.92 Å². The van der Waals surface area contributed by atoms with Crippen molar-refractivity contribution < 1.29 is 0 Å². The molecule has 1 N–H and O–H groups in total. The molecule has 4 nitrogen and oxygen atoms in total. The maximum atomic E-state index is 4.66. The average molecular weight is 272 g/mol. The van der Waals surface area contributed by atoms with Gasteiger partial charge in [-0.25, -0.2) is 0 Å². The predicted octanol–water partition coefficient (Wildman–Crippen LogP) is 2.87. The van der Waals surface area contributed by atoms with E-state index in [-0.39, 0.29) is 6.04 Å². The van der Waals surface area contributed by atoms with Crippen molar-refractivity contribution in [3.8, 4) is 0 Å². The fourth-order valence-corrected chi connectivity index (χ4v) is 2.50. The third-order valence-electron chi connectivity index (χ3n) is 3.62. The Morgan fingerprint density at radius 3 is 2.70 bits per heavy atom. The third kappa shape index (κ3) is 2.90. The van der Waals surface area contributed by atoms with Gasteiger partial charge in [0.15, 0.2) is 0 Å². The molecule has 0 aromatic carbocycles. The van der Waals surface area contributed by atoms with E-state index < -0.39 is 0 Å². The molecule has 4 heteroatoms. The number of hydrogen-bond acceptors (Lipinski definition) is 3. The summed E-state index contributed by atoms with van der Waals surface area (Å²) in [4.78, 5) is 4.29. The second-order valence-corrected chi connectivity index (χ2v) is 4.95. The van der Waals surface area contributed by atoms with Crippen molar-refractivity contribution in [2.45, 2.75) is 46.7 Å². The Morgan fingerprint density at radius 2 is 2.10 bits per heavy atom. The number of aryl methyl sites for hydroxylation is 3. The molecular weight excluding hydrogens is 248 g/mol. The first-order valence-electron chi connectivity index (χ1n) is 7.41. The Bertz CT molecular complexity index is 559. The van der Waals surface area contributed by atoms with Gasteiger partial charge in [0, 0.05) is 18.9 Å². The van der Waals surface area contributed by atoms with Gasteiger partial charge in [-0.3, -0.25) is 9.67 Å². The number of rotatable bonds is 6. The van der Waals surface area contributed by atoms with Crippen LogP contribution in [-0.4, -0.2) is 21.3 Å². The van der Waals surface area contributed by atoms with Crippen LogP contribution < -0.4 is 5.32 Å². The summed E-state index contributed by atoms with van der Waals surface area (Å²) in [6, 6.07) is 4.43. The lowest BCUT2D eigenvalue weighted by atomic mass is 10.0. The molecule has 0 fully saturated rings. The minimum Gasteiger partial charge on any atom is -0.305 e. The molecule has 2 aromatic rings. The van der Waals surface area contributed by atoms with Crippen molar-refractivity contribution in [2.24, 2.45) is 0 Å². The van der Waals surface area contributed by atoms with E-state index in [1.54, 1.807) is 0 Å². The molecule has 0 aliphatic rings. The second kappa shape index (κ2) is 6.66. The first-order valence-corrected chi connectivity index (χ1v) is 7.41. The Kier molecular flexibility index (Phi) is 4.90. The van der Waals surface area contributed by atoms with E-state index in [4.69, 9.17) is 0 Å². The molecule has 0 aliphatic carbocycles. The maximum Gasteiger partial charge on any atom is 0.0765 e. The van der Waals surface area contributed by atoms with Crippen LogP contribution in [0.5, 0.6) is 0 Å². The van der Waals surface area contributed by atoms with Gasteiger partial charge in [0.2, 0.25) is 0 Å². The fraction of sp³-hybridized carbons (Fsp3) is 0.500. The topological polar surface area (TPSA) is 42.7 Å². The summed E-state index contributed by atoms with van der Waals surface area (Å²) < 4.78 is 2.10. The Labute approximate surface area is 121 Å². The van der Waals surface area contributed by atoms with Gasteiger partial charge in [0.1, 0.15) is 0 Å². The highest BCUT2D eigenvalue weighted by Gasteiger charge is 2.20. The highest BCUT2D eigenvalue weighted by atomic mass is 15.3. The molecule has 1 unspecified atom stereocenters. The Hall–Kier alpha value is -1.68. The molecular formula is C16H24N4. The van der Waals surface area contributed by atoms with E-state index in [1.807, 2.05) is 12.4 Å². The second-order valence-electron chi connectivity index (χ2n) is 4.95. The van der Waals surface area contributed by atoms with Crippen LogP contribution in [0.3, 0.4) is 0 Å². The zero-order valence-electron chi connectivity index (χ0n) is 12.8. The van der Waals surface area contributed by atoms with Crippen LogP contribution in [0.15, 0.2) is 24.5 Å². The monoisotopic (exact) mass is 272 g/mol. The third-order valence-corrected chi connectivity index (χ3v) is 3.62. The first kappa shape index (κ1) is 14.7. The molecule has 1 atom stereocenters. The molecule has 0 spiro atoms. The van der Waals surface area contributed by atoms with E-state index in [2.05, 4.69) is 59.9 Å². The summed E-state index contributed by atoms with van der Waals surface area (Å²) in [5.41, 5.74) is 4.85. The molecule has 2 heterocycles. The van der Waals surface area contributed by atoms with Crippen molar-refractivity contribution in [1.29, 1.82) is 0 Å². The molecule has 0 saturated heterocycles. The van der Waals surface area contributed by atoms with Gasteiger partial charge >= 0.3 is 0 Å². The number of hydrogen-bond donors (Lipinski definition) is 1. The zero-order valence-corrected chi connectivity index (χ0v) is 12.8. The van der Waals surface area contributed by atoms with Crippen molar-refractivity contribution >= 4 is 0 Å². The Morgan fingerprint density at radius 1 is 1.30 bits per heavy atom. The summed E-state index contributed by atoms with van der Waals surface area (Å²) in [5, 5.41) is 8.23. The lowest BCUT2D eigenvalue weighted by Gasteiger charge is -2.20. The van der Waals surface area contributed by atoms with Gasteiger partial charge in [0.25, 0.3) is 0 Å². The average Bonchev–Trinajstić information content (AvgIpc) is 2.89. The minimum atomic E-state index is 0.154. The lowest BCUT2D eigenvalue weighted by Crippen LogP contribution is -2.25. The fourth-order valence-electron chi connectivity index (χ4n) is 2.50. The van der Waals surface area contributed by atoms with E-state index >= 15 is 0 Å². The van der Waals surface area contributed by atoms with Gasteiger partial charge in [-0.05, 0) is 50.1 Å². The van der Waals surface area contributed by atoms with Crippen LogP contribution >= 0.6 is 0 Å². The first-order chi connectivity index (χ1) is 9.71. The van der Waals surface area contributed by atoms with Crippen LogP contribution in [-0.2, 0) is 13.0 Å². The molecule has 20 heavy (non-hydrogen) atoms. The summed E-state index contributed by atoms with van der Waals surface area (Å²) in [6.07, 6.45) is 4.77. The molecule has 2 rings (SSSR count). The van der Waals surface area contributed by atoms with Crippen LogP contribution in [0.1, 0.15) is 49.3 Å². The number of nitrogens with zero attached hydrogens (tertiary/aromatic N) is 3. The molecule has 0 saturated carbocycles. The van der Waals surface area contributed by atoms with E-state index in [0.717, 1.165) is 25.2 Å². The number of nitrogens with one attached hydrogen (secondary N) is 1. The van der Waals surface area contributed by atoms with Crippen LogP contribution in [0.4, 0.5) is 0 Å². The van der Waals surface area contributed by atoms with Gasteiger partial charge in [-0.15, -0.1) is 0 Å². The minimum absolute atomic E-state index is 0.154. The van der Waals surface area contributed by atoms with Crippen molar-refractivity contribution in [3.63, 3.8) is 0 Å². The summed E-state index contributed by atoms with van der Waals surface area (Å²) >= 11 is 0. The summed E-state index contributed by atoms with van der Waals surface area (Å²) in [6.45, 7) is 10.3. The number of aromatic nitrogens is 3. The van der Waals surface area contributed by atoms with Crippen molar-refractivity contribution in [2.75, 3.05) is 6.54 Å². The van der Waals surface area contributed by atoms with E-state index in [1.165, 1.54) is 16.8 Å². The number of pyridine rings is 1. The molecule has 0 aliphatic heterocycles. The summed E-state index contributed by atoms with van der Waals surface area (Å²) in [5.74, 6) is 0. The van der Waals surface area contributed by atoms with Crippen molar-refractivity contribution in [3.05, 3.63) is 47.0 Å². The van der Waals surface area contributed by atoms with Gasteiger partial charge < -0.3 is 5.32 Å². The van der Waals surface area contributed by atoms with Gasteiger partial charge in [-0.2, -0.15) is 5.10 Å². The standard InChI is InChI=1S/C16H24N4/c1-5-13-10-15(20(7-3)19-13)16(18-6-2)14-11-17-9-8-12(14)4/h8-11,16,18H,5-7H2,1-4H3. The zero-order chi connectivity index (χ0) is 14.5. The molecule has 0 amide bonds. The maximum absolute atomic E-state index is 4.66. The highest BCUT2D eigenvalue weighted by Crippen LogP contribution is 2.25. The molecule has 0 radical (unpaired) electrons. The summed E-state index contributed by atoms with van der Waals surface area (Å²) in [7, 11) is 0. The SMILES string of the molecule is CCNC(c1cnccc1C)c1cc(CC)nn1CC. The largest absolute Gasteiger partial charge is 0.305 e. The van der Waals surface area contributed by atoms with Crippen LogP contribution in [0.2, 0.25) is 0 Å². The predicted molar refractivity (Wildman–Crippen MR) is 81.8 cm³/mol. The normalized spacial score (nSPS) is 12.6. The van der Waals surface area contributed by atoms with Crippen molar-refractivity contribution in [1.82, 2.24) is 20.1 Å². The van der Waals surface area contributed by atoms with Crippen LogP contribution in [0.25, 0.3) is 0 Å².